The van der Waals surface area contributed by atoms with Gasteiger partial charge in [0.05, 0.1) is 17.8 Å². The number of pyridine rings is 1. The van der Waals surface area contributed by atoms with Crippen molar-refractivity contribution in [1.29, 1.82) is 0 Å². The monoisotopic (exact) mass is 265 g/mol. The van der Waals surface area contributed by atoms with Gasteiger partial charge in [-0.25, -0.2) is 5.84 Å². The normalized spacial score (nSPS) is 10.4. The molecule has 0 unspecified atom stereocenters. The first-order chi connectivity index (χ1) is 8.93. The van der Waals surface area contributed by atoms with Crippen molar-refractivity contribution in [3.8, 4) is 0 Å². The molecule has 0 radical (unpaired) electrons. The fraction of sp³-hybridized carbons (Fsp3) is 0.417. The third kappa shape index (κ3) is 4.65. The second-order valence-electron chi connectivity index (χ2n) is 4.47. The summed E-state index contributed by atoms with van der Waals surface area (Å²) in [6.07, 6.45) is 1.46. The van der Waals surface area contributed by atoms with Crippen molar-refractivity contribution in [1.82, 2.24) is 20.2 Å². The summed E-state index contributed by atoms with van der Waals surface area (Å²) >= 11 is 0. The molecule has 1 heterocycles. The van der Waals surface area contributed by atoms with Crippen molar-refractivity contribution in [2.24, 2.45) is 5.84 Å². The van der Waals surface area contributed by atoms with E-state index < -0.39 is 0 Å². The largest absolute Gasteiger partial charge is 0.348 e. The Labute approximate surface area is 112 Å². The van der Waals surface area contributed by atoms with Crippen molar-refractivity contribution >= 4 is 11.8 Å². The summed E-state index contributed by atoms with van der Waals surface area (Å²) in [5.74, 6) is 4.68. The number of rotatable bonds is 5. The lowest BCUT2D eigenvalue weighted by atomic mass is 10.2. The molecule has 0 atom stereocenters. The van der Waals surface area contributed by atoms with Crippen LogP contribution in [0.15, 0.2) is 18.3 Å². The van der Waals surface area contributed by atoms with Gasteiger partial charge in [-0.1, -0.05) is 0 Å². The number of nitrogens with zero attached hydrogens (tertiary/aromatic N) is 3. The van der Waals surface area contributed by atoms with Crippen LogP contribution in [0, 0.1) is 0 Å². The highest BCUT2D eigenvalue weighted by Crippen LogP contribution is 2.03. The van der Waals surface area contributed by atoms with Crippen LogP contribution >= 0.6 is 0 Å². The Morgan fingerprint density at radius 1 is 1.32 bits per heavy atom. The average molecular weight is 265 g/mol. The smallest absolute Gasteiger partial charge is 0.266 e. The average Bonchev–Trinajstić information content (AvgIpc) is 2.38. The van der Waals surface area contributed by atoms with Crippen LogP contribution < -0.4 is 11.3 Å². The maximum Gasteiger partial charge on any atom is 0.266 e. The van der Waals surface area contributed by atoms with Crippen LogP contribution in [0.2, 0.25) is 0 Å². The standard InChI is InChI=1S/C12H19N5O2/c1-16(2)11(18)8-17(3)7-10-5-4-9(6-14-10)12(19)15-13/h4-6H,7-8,13H2,1-3H3,(H,15,19). The number of hydrogen-bond donors (Lipinski definition) is 2. The number of hydrazine groups is 1. The molecule has 0 fully saturated rings. The fourth-order valence-corrected chi connectivity index (χ4v) is 1.44. The van der Waals surface area contributed by atoms with Gasteiger partial charge < -0.3 is 4.90 Å². The van der Waals surface area contributed by atoms with Crippen LogP contribution in [-0.2, 0) is 11.3 Å². The molecule has 7 heteroatoms. The van der Waals surface area contributed by atoms with E-state index in [1.54, 1.807) is 31.1 Å². The molecule has 1 rings (SSSR count). The number of carbonyl (C=O) groups excluding carboxylic acids is 2. The van der Waals surface area contributed by atoms with E-state index in [-0.39, 0.29) is 11.8 Å². The van der Waals surface area contributed by atoms with Gasteiger partial charge in [0.1, 0.15) is 0 Å². The number of hydrogen-bond acceptors (Lipinski definition) is 5. The summed E-state index contributed by atoms with van der Waals surface area (Å²) in [5.41, 5.74) is 3.22. The molecule has 7 nitrogen and oxygen atoms in total. The highest BCUT2D eigenvalue weighted by atomic mass is 16.2. The molecule has 19 heavy (non-hydrogen) atoms. The van der Waals surface area contributed by atoms with Crippen LogP contribution in [-0.4, -0.2) is 54.3 Å². The maximum atomic E-state index is 11.5. The Kier molecular flexibility index (Phi) is 5.40. The molecule has 0 spiro atoms. The Morgan fingerprint density at radius 3 is 2.47 bits per heavy atom. The molecule has 0 aliphatic carbocycles. The van der Waals surface area contributed by atoms with Gasteiger partial charge in [0.15, 0.2) is 0 Å². The number of likely N-dealkylation sites (N-methyl/N-ethyl adjacent to an activating group) is 2. The molecular weight excluding hydrogens is 246 g/mol. The zero-order valence-electron chi connectivity index (χ0n) is 11.4. The molecule has 1 aromatic rings. The van der Waals surface area contributed by atoms with E-state index in [2.05, 4.69) is 4.98 Å². The first-order valence-electron chi connectivity index (χ1n) is 5.78. The third-order valence-corrected chi connectivity index (χ3v) is 2.55. The van der Waals surface area contributed by atoms with E-state index in [0.29, 0.717) is 18.7 Å². The lowest BCUT2D eigenvalue weighted by Gasteiger charge is -2.18. The highest BCUT2D eigenvalue weighted by Gasteiger charge is 2.10. The highest BCUT2D eigenvalue weighted by molar-refractivity contribution is 5.93. The van der Waals surface area contributed by atoms with E-state index >= 15 is 0 Å². The molecular formula is C12H19N5O2. The molecule has 0 saturated carbocycles. The number of aromatic nitrogens is 1. The lowest BCUT2D eigenvalue weighted by Crippen LogP contribution is -2.34. The number of nitrogen functional groups attached to an aromatic ring is 1. The van der Waals surface area contributed by atoms with Crippen molar-refractivity contribution in [2.75, 3.05) is 27.7 Å². The fourth-order valence-electron chi connectivity index (χ4n) is 1.44. The molecule has 0 bridgehead atoms. The molecule has 0 aromatic carbocycles. The Hall–Kier alpha value is -1.99. The molecule has 104 valence electrons. The van der Waals surface area contributed by atoms with Gasteiger partial charge in [0, 0.05) is 26.8 Å². The number of amides is 2. The predicted octanol–water partition coefficient (Wildman–Crippen LogP) is -0.795. The maximum absolute atomic E-state index is 11.5. The van der Waals surface area contributed by atoms with E-state index in [1.165, 1.54) is 6.20 Å². The molecule has 1 aromatic heterocycles. The predicted molar refractivity (Wildman–Crippen MR) is 70.9 cm³/mol. The van der Waals surface area contributed by atoms with Gasteiger partial charge in [-0.15, -0.1) is 0 Å². The van der Waals surface area contributed by atoms with E-state index in [4.69, 9.17) is 5.84 Å². The van der Waals surface area contributed by atoms with Crippen molar-refractivity contribution < 1.29 is 9.59 Å². The summed E-state index contributed by atoms with van der Waals surface area (Å²) in [7, 11) is 5.27. The summed E-state index contributed by atoms with van der Waals surface area (Å²) in [4.78, 5) is 30.3. The topological polar surface area (TPSA) is 91.6 Å². The van der Waals surface area contributed by atoms with Crippen molar-refractivity contribution in [3.63, 3.8) is 0 Å². The van der Waals surface area contributed by atoms with Gasteiger partial charge in [-0.05, 0) is 19.2 Å². The van der Waals surface area contributed by atoms with E-state index in [0.717, 1.165) is 5.69 Å². The Bertz CT molecular complexity index is 444. The second kappa shape index (κ2) is 6.81. The Balaban J connectivity index is 2.58. The molecule has 0 aliphatic heterocycles. The molecule has 2 amide bonds. The SMILES string of the molecule is CN(CC(=O)N(C)C)Cc1ccc(C(=O)NN)cn1. The zero-order chi connectivity index (χ0) is 14.4. The van der Waals surface area contributed by atoms with Crippen LogP contribution in [0.3, 0.4) is 0 Å². The van der Waals surface area contributed by atoms with Gasteiger partial charge in [-0.3, -0.25) is 24.9 Å². The second-order valence-corrected chi connectivity index (χ2v) is 4.47. The van der Waals surface area contributed by atoms with Crippen LogP contribution in [0.25, 0.3) is 0 Å². The minimum atomic E-state index is -0.379. The van der Waals surface area contributed by atoms with Crippen molar-refractivity contribution in [3.05, 3.63) is 29.6 Å². The first kappa shape index (κ1) is 15.1. The summed E-state index contributed by atoms with van der Waals surface area (Å²) in [6.45, 7) is 0.851. The van der Waals surface area contributed by atoms with Crippen molar-refractivity contribution in [2.45, 2.75) is 6.54 Å². The van der Waals surface area contributed by atoms with Crippen LogP contribution in [0.5, 0.6) is 0 Å². The molecule has 0 saturated heterocycles. The van der Waals surface area contributed by atoms with E-state index in [9.17, 15) is 9.59 Å². The van der Waals surface area contributed by atoms with Crippen LogP contribution in [0.4, 0.5) is 0 Å². The Morgan fingerprint density at radius 2 is 2.00 bits per heavy atom. The summed E-state index contributed by atoms with van der Waals surface area (Å²) in [5, 5.41) is 0. The van der Waals surface area contributed by atoms with Gasteiger partial charge in [0.2, 0.25) is 5.91 Å². The molecule has 0 aliphatic rings. The molecule has 3 N–H and O–H groups in total. The minimum absolute atomic E-state index is 0.0293. The number of nitrogens with one attached hydrogen (secondary N) is 1. The van der Waals surface area contributed by atoms with Gasteiger partial charge in [0.25, 0.3) is 5.91 Å². The van der Waals surface area contributed by atoms with E-state index in [1.807, 2.05) is 17.4 Å². The quantitative estimate of drug-likeness (QED) is 0.413. The zero-order valence-corrected chi connectivity index (χ0v) is 11.4. The number of carbonyl (C=O) groups is 2. The van der Waals surface area contributed by atoms with Gasteiger partial charge in [-0.2, -0.15) is 0 Å². The van der Waals surface area contributed by atoms with Crippen LogP contribution in [0.1, 0.15) is 16.1 Å². The summed E-state index contributed by atoms with van der Waals surface area (Å²) < 4.78 is 0. The van der Waals surface area contributed by atoms with Gasteiger partial charge >= 0.3 is 0 Å². The third-order valence-electron chi connectivity index (χ3n) is 2.55. The first-order valence-corrected chi connectivity index (χ1v) is 5.78. The lowest BCUT2D eigenvalue weighted by molar-refractivity contribution is -0.129. The number of nitrogens with two attached hydrogens (primary N) is 1. The summed E-state index contributed by atoms with van der Waals surface area (Å²) in [6, 6.07) is 3.38. The minimum Gasteiger partial charge on any atom is -0.348 e.